The molecule has 0 saturated heterocycles. The van der Waals surface area contributed by atoms with Gasteiger partial charge in [0, 0.05) is 0 Å². The summed E-state index contributed by atoms with van der Waals surface area (Å²) < 4.78 is 0. The fourth-order valence-electron chi connectivity index (χ4n) is 2.49. The molecule has 1 aliphatic rings. The van der Waals surface area contributed by atoms with Crippen LogP contribution in [0.15, 0.2) is 0 Å². The van der Waals surface area contributed by atoms with E-state index in [0.717, 1.165) is 24.3 Å². The summed E-state index contributed by atoms with van der Waals surface area (Å²) in [5.41, 5.74) is 5.71. The second-order valence-corrected chi connectivity index (χ2v) is 5.09. The van der Waals surface area contributed by atoms with Crippen LogP contribution in [0.25, 0.3) is 0 Å². The largest absolute Gasteiger partial charge is 0.330 e. The Kier molecular flexibility index (Phi) is 4.24. The quantitative estimate of drug-likeness (QED) is 0.715. The third-order valence-electron chi connectivity index (χ3n) is 4.07. The highest BCUT2D eigenvalue weighted by Gasteiger charge is 2.25. The summed E-state index contributed by atoms with van der Waals surface area (Å²) >= 11 is 0. The van der Waals surface area contributed by atoms with Crippen LogP contribution in [-0.2, 0) is 0 Å². The molecular weight excluding hydrogens is 158 g/mol. The second kappa shape index (κ2) is 4.99. The van der Waals surface area contributed by atoms with E-state index in [1.807, 2.05) is 0 Å². The third-order valence-corrected chi connectivity index (χ3v) is 4.07. The molecule has 0 bridgehead atoms. The summed E-state index contributed by atoms with van der Waals surface area (Å²) in [6, 6.07) is 0. The Morgan fingerprint density at radius 2 is 1.69 bits per heavy atom. The lowest BCUT2D eigenvalue weighted by Gasteiger charge is -2.33. The molecule has 0 aromatic rings. The van der Waals surface area contributed by atoms with E-state index in [2.05, 4.69) is 20.8 Å². The van der Waals surface area contributed by atoms with E-state index in [-0.39, 0.29) is 0 Å². The van der Waals surface area contributed by atoms with Gasteiger partial charge in [0.1, 0.15) is 0 Å². The molecule has 0 aromatic carbocycles. The lowest BCUT2D eigenvalue weighted by molar-refractivity contribution is 0.181. The van der Waals surface area contributed by atoms with Crippen LogP contribution in [-0.4, -0.2) is 6.54 Å². The van der Waals surface area contributed by atoms with Crippen molar-refractivity contribution in [1.29, 1.82) is 0 Å². The molecule has 0 amide bonds. The average Bonchev–Trinajstić information content (AvgIpc) is 2.17. The summed E-state index contributed by atoms with van der Waals surface area (Å²) in [4.78, 5) is 0. The Balaban J connectivity index is 2.35. The van der Waals surface area contributed by atoms with Crippen molar-refractivity contribution in [2.75, 3.05) is 6.54 Å². The van der Waals surface area contributed by atoms with E-state index in [1.54, 1.807) is 0 Å². The van der Waals surface area contributed by atoms with Gasteiger partial charge in [-0.2, -0.15) is 0 Å². The molecule has 1 rings (SSSR count). The molecule has 0 aliphatic heterocycles. The average molecular weight is 183 g/mol. The Morgan fingerprint density at radius 1 is 1.15 bits per heavy atom. The molecule has 0 heterocycles. The van der Waals surface area contributed by atoms with Gasteiger partial charge in [0.05, 0.1) is 0 Å². The summed E-state index contributed by atoms with van der Waals surface area (Å²) in [5.74, 6) is 3.46. The van der Waals surface area contributed by atoms with Gasteiger partial charge in [-0.1, -0.05) is 33.6 Å². The Morgan fingerprint density at radius 3 is 2.15 bits per heavy atom. The first-order valence-electron chi connectivity index (χ1n) is 5.85. The predicted octanol–water partition coefficient (Wildman–Crippen LogP) is 3.04. The highest BCUT2D eigenvalue weighted by molar-refractivity contribution is 4.77. The molecule has 13 heavy (non-hydrogen) atoms. The molecule has 0 spiro atoms. The summed E-state index contributed by atoms with van der Waals surface area (Å²) in [6.45, 7) is 7.92. The van der Waals surface area contributed by atoms with Crippen molar-refractivity contribution in [3.05, 3.63) is 0 Å². The summed E-state index contributed by atoms with van der Waals surface area (Å²) in [5, 5.41) is 0. The van der Waals surface area contributed by atoms with Crippen molar-refractivity contribution in [3.8, 4) is 0 Å². The van der Waals surface area contributed by atoms with Crippen LogP contribution >= 0.6 is 0 Å². The molecular formula is C12H25N. The second-order valence-electron chi connectivity index (χ2n) is 5.09. The van der Waals surface area contributed by atoms with Gasteiger partial charge in [-0.25, -0.2) is 0 Å². The van der Waals surface area contributed by atoms with Gasteiger partial charge in [-0.05, 0) is 43.1 Å². The van der Waals surface area contributed by atoms with Crippen molar-refractivity contribution < 1.29 is 0 Å². The first-order chi connectivity index (χ1) is 6.15. The molecule has 1 nitrogen and oxygen atoms in total. The minimum Gasteiger partial charge on any atom is -0.330 e. The molecule has 78 valence electrons. The van der Waals surface area contributed by atoms with Crippen LogP contribution < -0.4 is 5.73 Å². The molecule has 2 atom stereocenters. The van der Waals surface area contributed by atoms with Crippen LogP contribution in [0.5, 0.6) is 0 Å². The SMILES string of the molecule is CC1CCC(C(C)C(C)CN)CC1. The van der Waals surface area contributed by atoms with E-state index >= 15 is 0 Å². The van der Waals surface area contributed by atoms with Crippen molar-refractivity contribution in [1.82, 2.24) is 0 Å². The van der Waals surface area contributed by atoms with E-state index < -0.39 is 0 Å². The lowest BCUT2D eigenvalue weighted by atomic mass is 9.73. The van der Waals surface area contributed by atoms with Crippen molar-refractivity contribution in [3.63, 3.8) is 0 Å². The van der Waals surface area contributed by atoms with Crippen molar-refractivity contribution in [2.24, 2.45) is 29.4 Å². The molecule has 1 heteroatoms. The zero-order chi connectivity index (χ0) is 9.84. The van der Waals surface area contributed by atoms with Gasteiger partial charge in [0.2, 0.25) is 0 Å². The van der Waals surface area contributed by atoms with E-state index in [9.17, 15) is 0 Å². The smallest absolute Gasteiger partial charge is 0.00489 e. The molecule has 2 N–H and O–H groups in total. The number of rotatable bonds is 3. The third kappa shape index (κ3) is 2.98. The van der Waals surface area contributed by atoms with E-state index in [4.69, 9.17) is 5.73 Å². The number of nitrogens with two attached hydrogens (primary N) is 1. The van der Waals surface area contributed by atoms with Gasteiger partial charge < -0.3 is 5.73 Å². The highest BCUT2D eigenvalue weighted by Crippen LogP contribution is 2.35. The Bertz CT molecular complexity index is 136. The Labute approximate surface area is 83.1 Å². The predicted molar refractivity (Wildman–Crippen MR) is 58.5 cm³/mol. The molecule has 0 aromatic heterocycles. The molecule has 1 aliphatic carbocycles. The molecule has 1 saturated carbocycles. The van der Waals surface area contributed by atoms with Gasteiger partial charge >= 0.3 is 0 Å². The molecule has 0 radical (unpaired) electrons. The maximum atomic E-state index is 5.71. The van der Waals surface area contributed by atoms with Gasteiger partial charge in [0.15, 0.2) is 0 Å². The van der Waals surface area contributed by atoms with E-state index in [0.29, 0.717) is 5.92 Å². The van der Waals surface area contributed by atoms with E-state index in [1.165, 1.54) is 25.7 Å². The maximum absolute atomic E-state index is 5.71. The highest BCUT2D eigenvalue weighted by atomic mass is 14.6. The van der Waals surface area contributed by atoms with Crippen LogP contribution in [0.2, 0.25) is 0 Å². The standard InChI is InChI=1S/C12H25N/c1-9-4-6-12(7-5-9)11(3)10(2)8-13/h9-12H,4-8,13H2,1-3H3. The Hall–Kier alpha value is -0.0400. The zero-order valence-electron chi connectivity index (χ0n) is 9.42. The lowest BCUT2D eigenvalue weighted by Crippen LogP contribution is -2.27. The van der Waals surface area contributed by atoms with Crippen molar-refractivity contribution in [2.45, 2.75) is 46.5 Å². The topological polar surface area (TPSA) is 26.0 Å². The monoisotopic (exact) mass is 183 g/mol. The van der Waals surface area contributed by atoms with Crippen molar-refractivity contribution >= 4 is 0 Å². The first kappa shape index (κ1) is 11.0. The van der Waals surface area contributed by atoms with Gasteiger partial charge in [0.25, 0.3) is 0 Å². The molecule has 1 fully saturated rings. The van der Waals surface area contributed by atoms with Crippen LogP contribution in [0.1, 0.15) is 46.5 Å². The zero-order valence-corrected chi connectivity index (χ0v) is 9.42. The molecule has 2 unspecified atom stereocenters. The maximum Gasteiger partial charge on any atom is -0.00489 e. The van der Waals surface area contributed by atoms with Gasteiger partial charge in [-0.3, -0.25) is 0 Å². The van der Waals surface area contributed by atoms with Crippen LogP contribution in [0, 0.1) is 23.7 Å². The number of hydrogen-bond acceptors (Lipinski definition) is 1. The first-order valence-corrected chi connectivity index (χ1v) is 5.85. The fraction of sp³-hybridized carbons (Fsp3) is 1.00. The minimum absolute atomic E-state index is 0.707. The minimum atomic E-state index is 0.707. The fourth-order valence-corrected chi connectivity index (χ4v) is 2.49. The summed E-state index contributed by atoms with van der Waals surface area (Å²) in [7, 11) is 0. The van der Waals surface area contributed by atoms with Gasteiger partial charge in [-0.15, -0.1) is 0 Å². The summed E-state index contributed by atoms with van der Waals surface area (Å²) in [6.07, 6.45) is 5.75. The van der Waals surface area contributed by atoms with Crippen LogP contribution in [0.4, 0.5) is 0 Å². The van der Waals surface area contributed by atoms with Crippen LogP contribution in [0.3, 0.4) is 0 Å². The normalized spacial score (nSPS) is 34.2. The number of hydrogen-bond donors (Lipinski definition) is 1.